The lowest BCUT2D eigenvalue weighted by Crippen LogP contribution is -1.99. The Kier molecular flexibility index (Phi) is 10.2. The van der Waals surface area contributed by atoms with Crippen LogP contribution < -0.4 is 0 Å². The van der Waals surface area contributed by atoms with Crippen molar-refractivity contribution >= 4 is 5.90 Å². The number of rotatable bonds is 10. The third kappa shape index (κ3) is 10.8. The molecular weight excluding hydrogens is 306 g/mol. The molecule has 0 saturated carbocycles. The Labute approximate surface area is 155 Å². The maximum Gasteiger partial charge on any atom is 0.208 e. The van der Waals surface area contributed by atoms with Crippen LogP contribution in [0.1, 0.15) is 80.1 Å². The number of hydrogen-bond donors (Lipinski definition) is 0. The molecule has 1 rings (SSSR count). The van der Waals surface area contributed by atoms with Crippen molar-refractivity contribution in [3.63, 3.8) is 0 Å². The maximum atomic E-state index is 5.53. The van der Waals surface area contributed by atoms with Crippen LogP contribution in [0.5, 0.6) is 0 Å². The highest BCUT2D eigenvalue weighted by atomic mass is 16.5. The topological polar surface area (TPSA) is 21.6 Å². The number of nitrogens with zero attached hydrogens (tertiary/aromatic N) is 1. The van der Waals surface area contributed by atoms with Gasteiger partial charge in [-0.05, 0) is 86.1 Å². The van der Waals surface area contributed by atoms with Crippen molar-refractivity contribution in [1.29, 1.82) is 0 Å². The van der Waals surface area contributed by atoms with Crippen LogP contribution in [0.2, 0.25) is 0 Å². The van der Waals surface area contributed by atoms with Crippen molar-refractivity contribution in [2.24, 2.45) is 4.99 Å². The van der Waals surface area contributed by atoms with Crippen LogP contribution in [0.25, 0.3) is 0 Å². The van der Waals surface area contributed by atoms with Gasteiger partial charge < -0.3 is 4.74 Å². The highest BCUT2D eigenvalue weighted by molar-refractivity contribution is 5.89. The Morgan fingerprint density at radius 1 is 0.880 bits per heavy atom. The van der Waals surface area contributed by atoms with E-state index in [1.165, 1.54) is 35.1 Å². The smallest absolute Gasteiger partial charge is 0.208 e. The molecule has 0 aromatic heterocycles. The highest BCUT2D eigenvalue weighted by Gasteiger charge is 2.11. The van der Waals surface area contributed by atoms with Crippen molar-refractivity contribution < 1.29 is 4.74 Å². The van der Waals surface area contributed by atoms with E-state index < -0.39 is 0 Å². The van der Waals surface area contributed by atoms with Crippen molar-refractivity contribution in [2.75, 3.05) is 6.61 Å². The molecule has 0 spiro atoms. The van der Waals surface area contributed by atoms with Gasteiger partial charge in [-0.3, -0.25) is 0 Å². The molecule has 1 aliphatic heterocycles. The van der Waals surface area contributed by atoms with Crippen LogP contribution in [0.3, 0.4) is 0 Å². The Hall–Kier alpha value is -1.57. The van der Waals surface area contributed by atoms with Gasteiger partial charge in [-0.2, -0.15) is 0 Å². The fourth-order valence-corrected chi connectivity index (χ4v) is 2.74. The van der Waals surface area contributed by atoms with Gasteiger partial charge in [-0.15, -0.1) is 0 Å². The molecule has 2 nitrogen and oxygen atoms in total. The second-order valence-electron chi connectivity index (χ2n) is 7.62. The van der Waals surface area contributed by atoms with Gasteiger partial charge in [0.15, 0.2) is 0 Å². The normalized spacial score (nSPS) is 18.9. The Balaban J connectivity index is 2.26. The summed E-state index contributed by atoms with van der Waals surface area (Å²) in [6.45, 7) is 13.8. The van der Waals surface area contributed by atoms with E-state index >= 15 is 0 Å². The average Bonchev–Trinajstić information content (AvgIpc) is 2.91. The molecule has 1 heterocycles. The second-order valence-corrected chi connectivity index (χ2v) is 7.62. The van der Waals surface area contributed by atoms with E-state index in [1.807, 2.05) is 0 Å². The molecule has 0 aromatic rings. The van der Waals surface area contributed by atoms with Crippen molar-refractivity contribution in [3.8, 4) is 0 Å². The molecule has 0 saturated heterocycles. The van der Waals surface area contributed by atoms with Gasteiger partial charge in [0.25, 0.3) is 0 Å². The lowest BCUT2D eigenvalue weighted by atomic mass is 10.0. The predicted octanol–water partition coefficient (Wildman–Crippen LogP) is 6.95. The Morgan fingerprint density at radius 2 is 1.40 bits per heavy atom. The molecular formula is C23H37NO. The van der Waals surface area contributed by atoms with Crippen LogP contribution in [-0.4, -0.2) is 18.5 Å². The van der Waals surface area contributed by atoms with Crippen LogP contribution in [-0.2, 0) is 4.74 Å². The monoisotopic (exact) mass is 343 g/mol. The van der Waals surface area contributed by atoms with Gasteiger partial charge in [0, 0.05) is 0 Å². The first-order chi connectivity index (χ1) is 11.9. The SMILES string of the molecule is CC(C)=CCCC(C)=CCCC(C)=CCCC(C)=CC1=N[C@H](C)CO1. The average molecular weight is 344 g/mol. The summed E-state index contributed by atoms with van der Waals surface area (Å²) >= 11 is 0. The molecule has 0 aromatic carbocycles. The summed E-state index contributed by atoms with van der Waals surface area (Å²) < 4.78 is 5.53. The van der Waals surface area contributed by atoms with Gasteiger partial charge in [0.05, 0.1) is 6.04 Å². The molecule has 1 atom stereocenters. The van der Waals surface area contributed by atoms with Crippen LogP contribution in [0.4, 0.5) is 0 Å². The number of ether oxygens (including phenoxy) is 1. The van der Waals surface area contributed by atoms with Crippen LogP contribution in [0, 0.1) is 0 Å². The number of hydrogen-bond acceptors (Lipinski definition) is 2. The molecule has 2 heteroatoms. The molecule has 0 N–H and O–H groups in total. The summed E-state index contributed by atoms with van der Waals surface area (Å²) in [6, 6.07) is 0.305. The summed E-state index contributed by atoms with van der Waals surface area (Å²) in [4.78, 5) is 4.45. The minimum absolute atomic E-state index is 0.305. The molecule has 140 valence electrons. The Morgan fingerprint density at radius 3 is 1.88 bits per heavy atom. The summed E-state index contributed by atoms with van der Waals surface area (Å²) in [5.41, 5.74) is 5.75. The summed E-state index contributed by atoms with van der Waals surface area (Å²) in [7, 11) is 0. The fourth-order valence-electron chi connectivity index (χ4n) is 2.74. The van der Waals surface area contributed by atoms with E-state index in [9.17, 15) is 0 Å². The van der Waals surface area contributed by atoms with E-state index in [4.69, 9.17) is 4.74 Å². The lowest BCUT2D eigenvalue weighted by molar-refractivity contribution is 0.325. The third-order valence-corrected chi connectivity index (χ3v) is 4.34. The van der Waals surface area contributed by atoms with Crippen molar-refractivity contribution in [1.82, 2.24) is 0 Å². The van der Waals surface area contributed by atoms with Gasteiger partial charge >= 0.3 is 0 Å². The van der Waals surface area contributed by atoms with Crippen molar-refractivity contribution in [2.45, 2.75) is 86.1 Å². The van der Waals surface area contributed by atoms with E-state index in [0.717, 1.165) is 38.2 Å². The molecule has 1 aliphatic rings. The molecule has 0 aliphatic carbocycles. The van der Waals surface area contributed by atoms with Gasteiger partial charge in [-0.25, -0.2) is 4.99 Å². The Bertz CT molecular complexity index is 557. The largest absolute Gasteiger partial charge is 0.476 e. The lowest BCUT2D eigenvalue weighted by Gasteiger charge is -2.03. The number of aliphatic imine (C=N–C) groups is 1. The van der Waals surface area contributed by atoms with E-state index in [2.05, 4.69) is 70.8 Å². The minimum Gasteiger partial charge on any atom is -0.476 e. The summed E-state index contributed by atoms with van der Waals surface area (Å²) in [5.74, 6) is 0.805. The molecule has 0 bridgehead atoms. The van der Waals surface area contributed by atoms with E-state index in [-0.39, 0.29) is 0 Å². The zero-order valence-electron chi connectivity index (χ0n) is 17.2. The van der Waals surface area contributed by atoms with Gasteiger partial charge in [-0.1, -0.05) is 40.5 Å². The number of allylic oxidation sites excluding steroid dienone is 7. The molecule has 0 amide bonds. The second kappa shape index (κ2) is 11.9. The summed E-state index contributed by atoms with van der Waals surface area (Å²) in [5, 5.41) is 0. The standard InChI is InChI=1S/C23H37NO/c1-18(2)10-7-11-19(3)12-8-13-20(4)14-9-15-21(5)16-23-24-22(6)17-25-23/h10,12,14,16,22H,7-9,11,13,15,17H2,1-6H3/t22-/m1/s1. The molecule has 0 unspecified atom stereocenters. The predicted molar refractivity (Wildman–Crippen MR) is 111 cm³/mol. The first kappa shape index (κ1) is 21.5. The third-order valence-electron chi connectivity index (χ3n) is 4.34. The molecule has 25 heavy (non-hydrogen) atoms. The van der Waals surface area contributed by atoms with E-state index in [0.29, 0.717) is 6.04 Å². The first-order valence-electron chi connectivity index (χ1n) is 9.69. The fraction of sp³-hybridized carbons (Fsp3) is 0.609. The van der Waals surface area contributed by atoms with E-state index in [1.54, 1.807) is 0 Å². The zero-order valence-corrected chi connectivity index (χ0v) is 17.2. The van der Waals surface area contributed by atoms with Gasteiger partial charge in [0.2, 0.25) is 5.90 Å². The summed E-state index contributed by atoms with van der Waals surface area (Å²) in [6.07, 6.45) is 16.0. The highest BCUT2D eigenvalue weighted by Crippen LogP contribution is 2.14. The maximum absolute atomic E-state index is 5.53. The quantitative estimate of drug-likeness (QED) is 0.393. The van der Waals surface area contributed by atoms with Crippen LogP contribution >= 0.6 is 0 Å². The zero-order chi connectivity index (χ0) is 18.7. The molecule has 0 radical (unpaired) electrons. The minimum atomic E-state index is 0.305. The van der Waals surface area contributed by atoms with Crippen LogP contribution in [0.15, 0.2) is 51.6 Å². The van der Waals surface area contributed by atoms with Gasteiger partial charge in [0.1, 0.15) is 6.61 Å². The molecule has 0 fully saturated rings. The first-order valence-corrected chi connectivity index (χ1v) is 9.69. The van der Waals surface area contributed by atoms with Crippen molar-refractivity contribution in [3.05, 3.63) is 46.6 Å².